The molecule has 1 aliphatic heterocycles. The van der Waals surface area contributed by atoms with Gasteiger partial charge in [0.05, 0.1) is 13.2 Å². The summed E-state index contributed by atoms with van der Waals surface area (Å²) < 4.78 is 7.38. The van der Waals surface area contributed by atoms with Crippen molar-refractivity contribution in [2.75, 3.05) is 45.9 Å². The fourth-order valence-corrected chi connectivity index (χ4v) is 2.76. The summed E-state index contributed by atoms with van der Waals surface area (Å²) in [5, 5.41) is 4.16. The van der Waals surface area contributed by atoms with Gasteiger partial charge in [-0.05, 0) is 13.3 Å². The van der Waals surface area contributed by atoms with E-state index >= 15 is 0 Å². The molecule has 0 spiro atoms. The largest absolute Gasteiger partial charge is 0.380 e. The molecular formula is C14H27N5O. The zero-order chi connectivity index (χ0) is 14.2. The van der Waals surface area contributed by atoms with Gasteiger partial charge in [-0.1, -0.05) is 6.92 Å². The van der Waals surface area contributed by atoms with Crippen molar-refractivity contribution in [2.24, 2.45) is 0 Å². The van der Waals surface area contributed by atoms with E-state index in [1.807, 2.05) is 4.68 Å². The maximum atomic E-state index is 5.48. The Bertz CT molecular complexity index is 356. The molecule has 1 atom stereocenters. The van der Waals surface area contributed by atoms with Crippen LogP contribution in [0.5, 0.6) is 0 Å². The van der Waals surface area contributed by atoms with Gasteiger partial charge in [0.25, 0.3) is 0 Å². The number of hydrogen-bond donors (Lipinski definition) is 0. The summed E-state index contributed by atoms with van der Waals surface area (Å²) in [6.45, 7) is 12.5. The van der Waals surface area contributed by atoms with Crippen molar-refractivity contribution >= 4 is 0 Å². The summed E-state index contributed by atoms with van der Waals surface area (Å²) in [4.78, 5) is 9.09. The van der Waals surface area contributed by atoms with E-state index in [0.717, 1.165) is 52.5 Å². The first-order chi connectivity index (χ1) is 9.83. The predicted octanol–water partition coefficient (Wildman–Crippen LogP) is 0.711. The number of piperazine rings is 1. The Morgan fingerprint density at radius 3 is 2.80 bits per heavy atom. The zero-order valence-electron chi connectivity index (χ0n) is 12.7. The number of rotatable bonds is 8. The first-order valence-corrected chi connectivity index (χ1v) is 7.70. The maximum Gasteiger partial charge on any atom is 0.137 e. The predicted molar refractivity (Wildman–Crippen MR) is 78.6 cm³/mol. The summed E-state index contributed by atoms with van der Waals surface area (Å²) >= 11 is 0. The van der Waals surface area contributed by atoms with Gasteiger partial charge in [-0.15, -0.1) is 0 Å². The van der Waals surface area contributed by atoms with Crippen LogP contribution in [0.25, 0.3) is 0 Å². The Balaban J connectivity index is 1.73. The average Bonchev–Trinajstić information content (AvgIpc) is 2.99. The lowest BCUT2D eigenvalue weighted by Crippen LogP contribution is -2.54. The molecule has 1 fully saturated rings. The van der Waals surface area contributed by atoms with Crippen molar-refractivity contribution in [1.82, 2.24) is 24.6 Å². The standard InChI is InChI=1S/C14H27N5O/c1-3-14-11-17(6-8-19-13-15-12-16-19)5-7-18(14)9-10-20-4-2/h12-14H,3-11H2,1-2H3/t14-/m0/s1. The molecule has 0 aliphatic carbocycles. The van der Waals surface area contributed by atoms with E-state index in [-0.39, 0.29) is 0 Å². The molecule has 0 radical (unpaired) electrons. The third kappa shape index (κ3) is 4.54. The van der Waals surface area contributed by atoms with E-state index in [2.05, 4.69) is 33.7 Å². The second kappa shape index (κ2) is 8.34. The molecule has 2 heterocycles. The summed E-state index contributed by atoms with van der Waals surface area (Å²) in [6.07, 6.45) is 4.59. The Kier molecular flexibility index (Phi) is 6.42. The fraction of sp³-hybridized carbons (Fsp3) is 0.857. The van der Waals surface area contributed by atoms with Crippen LogP contribution in [0.1, 0.15) is 20.3 Å². The molecule has 0 bridgehead atoms. The minimum Gasteiger partial charge on any atom is -0.380 e. The third-order valence-electron chi connectivity index (χ3n) is 4.00. The van der Waals surface area contributed by atoms with E-state index in [4.69, 9.17) is 4.74 Å². The Morgan fingerprint density at radius 1 is 1.20 bits per heavy atom. The molecule has 114 valence electrons. The number of nitrogens with zero attached hydrogens (tertiary/aromatic N) is 5. The van der Waals surface area contributed by atoms with Gasteiger partial charge in [-0.25, -0.2) is 4.98 Å². The van der Waals surface area contributed by atoms with Crippen molar-refractivity contribution in [3.63, 3.8) is 0 Å². The van der Waals surface area contributed by atoms with Gasteiger partial charge < -0.3 is 4.74 Å². The molecule has 20 heavy (non-hydrogen) atoms. The van der Waals surface area contributed by atoms with Gasteiger partial charge in [0, 0.05) is 45.4 Å². The molecule has 2 rings (SSSR count). The van der Waals surface area contributed by atoms with Crippen LogP contribution in [-0.2, 0) is 11.3 Å². The first-order valence-electron chi connectivity index (χ1n) is 7.70. The molecule has 0 unspecified atom stereocenters. The topological polar surface area (TPSA) is 46.4 Å². The van der Waals surface area contributed by atoms with Gasteiger partial charge >= 0.3 is 0 Å². The molecule has 6 nitrogen and oxygen atoms in total. The lowest BCUT2D eigenvalue weighted by molar-refractivity contribution is 0.0399. The van der Waals surface area contributed by atoms with Crippen LogP contribution in [0, 0.1) is 0 Å². The zero-order valence-corrected chi connectivity index (χ0v) is 12.7. The van der Waals surface area contributed by atoms with Crippen LogP contribution >= 0.6 is 0 Å². The van der Waals surface area contributed by atoms with Crippen LogP contribution in [0.15, 0.2) is 12.7 Å². The summed E-state index contributed by atoms with van der Waals surface area (Å²) in [5.74, 6) is 0. The van der Waals surface area contributed by atoms with Gasteiger partial charge in [-0.3, -0.25) is 14.5 Å². The van der Waals surface area contributed by atoms with Crippen LogP contribution in [0.2, 0.25) is 0 Å². The summed E-state index contributed by atoms with van der Waals surface area (Å²) in [7, 11) is 0. The van der Waals surface area contributed by atoms with Crippen molar-refractivity contribution in [1.29, 1.82) is 0 Å². The highest BCUT2D eigenvalue weighted by Gasteiger charge is 2.25. The highest BCUT2D eigenvalue weighted by molar-refractivity contribution is 4.81. The second-order valence-corrected chi connectivity index (χ2v) is 5.25. The van der Waals surface area contributed by atoms with Crippen LogP contribution in [0.4, 0.5) is 0 Å². The van der Waals surface area contributed by atoms with Gasteiger partial charge in [-0.2, -0.15) is 5.10 Å². The monoisotopic (exact) mass is 281 g/mol. The third-order valence-corrected chi connectivity index (χ3v) is 4.00. The maximum absolute atomic E-state index is 5.48. The summed E-state index contributed by atoms with van der Waals surface area (Å²) in [6, 6.07) is 0.653. The molecule has 0 N–H and O–H groups in total. The number of ether oxygens (including phenoxy) is 1. The van der Waals surface area contributed by atoms with E-state index in [0.29, 0.717) is 6.04 Å². The quantitative estimate of drug-likeness (QED) is 0.657. The number of hydrogen-bond acceptors (Lipinski definition) is 5. The fourth-order valence-electron chi connectivity index (χ4n) is 2.76. The number of aromatic nitrogens is 3. The molecule has 1 saturated heterocycles. The summed E-state index contributed by atoms with van der Waals surface area (Å²) in [5.41, 5.74) is 0. The van der Waals surface area contributed by atoms with Gasteiger partial charge in [0.15, 0.2) is 0 Å². The highest BCUT2D eigenvalue weighted by atomic mass is 16.5. The average molecular weight is 281 g/mol. The first kappa shape index (κ1) is 15.4. The minimum absolute atomic E-state index is 0.653. The Labute approximate surface area is 121 Å². The van der Waals surface area contributed by atoms with Crippen molar-refractivity contribution in [3.05, 3.63) is 12.7 Å². The molecule has 0 aromatic carbocycles. The molecule has 6 heteroatoms. The van der Waals surface area contributed by atoms with E-state index in [1.165, 1.54) is 6.42 Å². The lowest BCUT2D eigenvalue weighted by atomic mass is 10.1. The molecule has 1 aliphatic rings. The van der Waals surface area contributed by atoms with Crippen molar-refractivity contribution < 1.29 is 4.74 Å². The van der Waals surface area contributed by atoms with Crippen LogP contribution < -0.4 is 0 Å². The molecule has 1 aromatic heterocycles. The van der Waals surface area contributed by atoms with E-state index < -0.39 is 0 Å². The Morgan fingerprint density at radius 2 is 2.10 bits per heavy atom. The van der Waals surface area contributed by atoms with Crippen molar-refractivity contribution in [3.8, 4) is 0 Å². The molecule has 0 saturated carbocycles. The van der Waals surface area contributed by atoms with Gasteiger partial charge in [0.1, 0.15) is 12.7 Å². The van der Waals surface area contributed by atoms with Crippen LogP contribution in [-0.4, -0.2) is 76.5 Å². The van der Waals surface area contributed by atoms with E-state index in [1.54, 1.807) is 12.7 Å². The normalized spacial score (nSPS) is 21.4. The van der Waals surface area contributed by atoms with Gasteiger partial charge in [0.2, 0.25) is 0 Å². The smallest absolute Gasteiger partial charge is 0.137 e. The highest BCUT2D eigenvalue weighted by Crippen LogP contribution is 2.12. The van der Waals surface area contributed by atoms with Crippen LogP contribution in [0.3, 0.4) is 0 Å². The molecule has 1 aromatic rings. The minimum atomic E-state index is 0.653. The lowest BCUT2D eigenvalue weighted by Gasteiger charge is -2.41. The molecule has 0 amide bonds. The van der Waals surface area contributed by atoms with E-state index in [9.17, 15) is 0 Å². The Hall–Kier alpha value is -0.980. The SMILES string of the molecule is CCOCCN1CCN(CCn2cncn2)C[C@@H]1CC. The molecular weight excluding hydrogens is 254 g/mol. The van der Waals surface area contributed by atoms with Crippen molar-refractivity contribution in [2.45, 2.75) is 32.9 Å². The second-order valence-electron chi connectivity index (χ2n) is 5.25.